The summed E-state index contributed by atoms with van der Waals surface area (Å²) in [4.78, 5) is 27.7. The van der Waals surface area contributed by atoms with Gasteiger partial charge in [0, 0.05) is 23.7 Å². The maximum atomic E-state index is 13.4. The largest absolute Gasteiger partial charge is 0.484 e. The van der Waals surface area contributed by atoms with Crippen LogP contribution >= 0.6 is 23.5 Å². The zero-order chi connectivity index (χ0) is 19.9. The van der Waals surface area contributed by atoms with Gasteiger partial charge in [0.25, 0.3) is 5.91 Å². The molecule has 1 aromatic rings. The summed E-state index contributed by atoms with van der Waals surface area (Å²) in [5, 5.41) is 6.00. The van der Waals surface area contributed by atoms with Crippen LogP contribution in [0.5, 0.6) is 5.75 Å². The standard InChI is InChI=1S/C18H22ClFN4O3S/c1-9-16(28-24-23-9)17(26)22-18-5-10(6-18)14(7-18)21-15(25)8-27-11-2-3-12(19)13(20)4-11/h2-4,9-10,14,16,23-24H,5-8H2,1H3,(H,21,25)(H,22,26)/t9?,10?,14-,16?,18?/m0/s1. The molecule has 0 spiro atoms. The van der Waals surface area contributed by atoms with E-state index in [0.717, 1.165) is 25.3 Å². The van der Waals surface area contributed by atoms with E-state index >= 15 is 0 Å². The first-order valence-electron chi connectivity index (χ1n) is 9.21. The molecule has 10 heteroatoms. The summed E-state index contributed by atoms with van der Waals surface area (Å²) < 4.78 is 18.7. The summed E-state index contributed by atoms with van der Waals surface area (Å²) in [6.07, 6.45) is 2.47. The van der Waals surface area contributed by atoms with Crippen LogP contribution in [0.2, 0.25) is 5.02 Å². The Morgan fingerprint density at radius 2 is 2.18 bits per heavy atom. The fourth-order valence-electron chi connectivity index (χ4n) is 4.25. The van der Waals surface area contributed by atoms with Gasteiger partial charge in [0.1, 0.15) is 16.8 Å². The maximum Gasteiger partial charge on any atom is 0.258 e. The molecule has 28 heavy (non-hydrogen) atoms. The second kappa shape index (κ2) is 7.70. The van der Waals surface area contributed by atoms with Crippen molar-refractivity contribution in [2.24, 2.45) is 5.92 Å². The van der Waals surface area contributed by atoms with Crippen molar-refractivity contribution < 1.29 is 18.7 Å². The summed E-state index contributed by atoms with van der Waals surface area (Å²) >= 11 is 7.01. The molecule has 1 saturated heterocycles. The van der Waals surface area contributed by atoms with Crippen molar-refractivity contribution in [3.63, 3.8) is 0 Å². The van der Waals surface area contributed by atoms with Gasteiger partial charge in [-0.15, -0.1) is 0 Å². The molecule has 0 radical (unpaired) electrons. The van der Waals surface area contributed by atoms with E-state index in [9.17, 15) is 14.0 Å². The van der Waals surface area contributed by atoms with Crippen LogP contribution < -0.4 is 25.6 Å². The molecule has 3 atom stereocenters. The number of amides is 2. The highest BCUT2D eigenvalue weighted by Gasteiger charge is 2.57. The zero-order valence-corrected chi connectivity index (χ0v) is 16.8. The Morgan fingerprint density at radius 3 is 2.86 bits per heavy atom. The van der Waals surface area contributed by atoms with Gasteiger partial charge in [-0.1, -0.05) is 23.5 Å². The minimum Gasteiger partial charge on any atom is -0.484 e. The van der Waals surface area contributed by atoms with Crippen molar-refractivity contribution in [2.45, 2.75) is 49.1 Å². The third-order valence-electron chi connectivity index (χ3n) is 5.67. The van der Waals surface area contributed by atoms with Crippen LogP contribution in [0.4, 0.5) is 4.39 Å². The lowest BCUT2D eigenvalue weighted by Gasteiger charge is -2.39. The van der Waals surface area contributed by atoms with Crippen molar-refractivity contribution >= 4 is 35.4 Å². The number of carbonyl (C=O) groups excluding carboxylic acids is 2. The normalized spacial score (nSPS) is 33.2. The third kappa shape index (κ3) is 3.94. The van der Waals surface area contributed by atoms with Crippen LogP contribution in [0, 0.1) is 11.7 Å². The van der Waals surface area contributed by atoms with E-state index in [0.29, 0.717) is 5.92 Å². The van der Waals surface area contributed by atoms with Crippen LogP contribution in [-0.4, -0.2) is 41.3 Å². The summed E-state index contributed by atoms with van der Waals surface area (Å²) in [5.41, 5.74) is 2.80. The van der Waals surface area contributed by atoms with Crippen LogP contribution in [0.15, 0.2) is 18.2 Å². The topological polar surface area (TPSA) is 91.5 Å². The molecule has 2 amide bonds. The summed E-state index contributed by atoms with van der Waals surface area (Å²) in [6, 6.07) is 4.13. The molecule has 3 saturated carbocycles. The van der Waals surface area contributed by atoms with E-state index < -0.39 is 5.82 Å². The third-order valence-corrected chi connectivity index (χ3v) is 7.08. The molecule has 1 aliphatic heterocycles. The van der Waals surface area contributed by atoms with E-state index in [-0.39, 0.29) is 52.1 Å². The molecule has 152 valence electrons. The summed E-state index contributed by atoms with van der Waals surface area (Å²) in [5.74, 6) is -0.214. The van der Waals surface area contributed by atoms with Gasteiger partial charge in [0.15, 0.2) is 6.61 Å². The van der Waals surface area contributed by atoms with Crippen LogP contribution in [0.3, 0.4) is 0 Å². The van der Waals surface area contributed by atoms with Crippen LogP contribution in [-0.2, 0) is 9.59 Å². The predicted molar refractivity (Wildman–Crippen MR) is 104 cm³/mol. The smallest absolute Gasteiger partial charge is 0.258 e. The van der Waals surface area contributed by atoms with Gasteiger partial charge < -0.3 is 15.4 Å². The fourth-order valence-corrected chi connectivity index (χ4v) is 5.19. The second-order valence-corrected chi connectivity index (χ2v) is 9.11. The average molecular weight is 429 g/mol. The monoisotopic (exact) mass is 428 g/mol. The maximum absolute atomic E-state index is 13.4. The first-order chi connectivity index (χ1) is 13.3. The number of fused-ring (bicyclic) bond motifs is 1. The number of hydrazine groups is 1. The van der Waals surface area contributed by atoms with E-state index in [1.54, 1.807) is 0 Å². The molecular weight excluding hydrogens is 407 g/mol. The van der Waals surface area contributed by atoms with E-state index in [1.165, 1.54) is 24.1 Å². The summed E-state index contributed by atoms with van der Waals surface area (Å²) in [7, 11) is 0. The van der Waals surface area contributed by atoms with Gasteiger partial charge >= 0.3 is 0 Å². The van der Waals surface area contributed by atoms with Gasteiger partial charge in [-0.3, -0.25) is 9.59 Å². The molecule has 4 N–H and O–H groups in total. The number of halogens is 2. The quantitative estimate of drug-likeness (QED) is 0.514. The Bertz CT molecular complexity index is 792. The first-order valence-corrected chi connectivity index (χ1v) is 10.5. The van der Waals surface area contributed by atoms with Crippen molar-refractivity contribution in [2.75, 3.05) is 6.61 Å². The molecule has 3 aliphatic carbocycles. The zero-order valence-electron chi connectivity index (χ0n) is 15.3. The number of ether oxygens (including phenoxy) is 1. The number of carbonyl (C=O) groups is 2. The molecular formula is C18H22ClFN4O3S. The van der Waals surface area contributed by atoms with Crippen molar-refractivity contribution in [3.8, 4) is 5.75 Å². The Balaban J connectivity index is 1.25. The first kappa shape index (κ1) is 19.8. The minimum atomic E-state index is -0.589. The fraction of sp³-hybridized carbons (Fsp3) is 0.556. The Kier molecular flexibility index (Phi) is 5.43. The van der Waals surface area contributed by atoms with Crippen molar-refractivity contribution in [1.29, 1.82) is 0 Å². The highest BCUT2D eigenvalue weighted by Crippen LogP contribution is 2.52. The lowest BCUT2D eigenvalue weighted by atomic mass is 9.76. The molecule has 1 heterocycles. The Hall–Kier alpha value is -1.55. The minimum absolute atomic E-state index is 0.00633. The van der Waals surface area contributed by atoms with Crippen molar-refractivity contribution in [3.05, 3.63) is 29.0 Å². The molecule has 4 aliphatic rings. The Morgan fingerprint density at radius 1 is 1.39 bits per heavy atom. The van der Waals surface area contributed by atoms with Crippen LogP contribution in [0.25, 0.3) is 0 Å². The van der Waals surface area contributed by atoms with Gasteiger partial charge in [-0.25, -0.2) is 14.6 Å². The van der Waals surface area contributed by atoms with E-state index in [1.807, 2.05) is 6.92 Å². The lowest BCUT2D eigenvalue weighted by molar-refractivity contribution is -0.124. The average Bonchev–Trinajstić information content (AvgIpc) is 3.28. The molecule has 5 rings (SSSR count). The number of nitrogens with one attached hydrogen (secondary N) is 4. The number of hydrogen-bond donors (Lipinski definition) is 4. The SMILES string of the molecule is CC1NNSC1C(=O)NC12CC(C1)[C@@H](NC(=O)COc1ccc(Cl)c(F)c1)C2. The van der Waals surface area contributed by atoms with E-state index in [4.69, 9.17) is 16.3 Å². The molecule has 2 bridgehead atoms. The van der Waals surface area contributed by atoms with Gasteiger partial charge in [-0.05, 0) is 44.2 Å². The molecule has 2 unspecified atom stereocenters. The molecule has 7 nitrogen and oxygen atoms in total. The lowest BCUT2D eigenvalue weighted by Crippen LogP contribution is -2.55. The molecule has 0 aromatic heterocycles. The van der Waals surface area contributed by atoms with Crippen LogP contribution in [0.1, 0.15) is 26.2 Å². The van der Waals surface area contributed by atoms with Gasteiger partial charge in [0.2, 0.25) is 5.91 Å². The molecule has 1 aromatic carbocycles. The highest BCUT2D eigenvalue weighted by atomic mass is 35.5. The summed E-state index contributed by atoms with van der Waals surface area (Å²) in [6.45, 7) is 1.76. The Labute approximate surface area is 171 Å². The number of hydrogen-bond acceptors (Lipinski definition) is 6. The predicted octanol–water partition coefficient (Wildman–Crippen LogP) is 1.52. The van der Waals surface area contributed by atoms with E-state index in [2.05, 4.69) is 20.9 Å². The number of rotatable bonds is 6. The van der Waals surface area contributed by atoms with Crippen molar-refractivity contribution in [1.82, 2.24) is 20.9 Å². The van der Waals surface area contributed by atoms with Gasteiger partial charge in [0.05, 0.1) is 5.02 Å². The second-order valence-electron chi connectivity index (χ2n) is 7.75. The highest BCUT2D eigenvalue weighted by molar-refractivity contribution is 7.99. The molecule has 4 fully saturated rings. The van der Waals surface area contributed by atoms with Gasteiger partial charge in [-0.2, -0.15) is 0 Å². The number of benzene rings is 1.